The molecule has 0 radical (unpaired) electrons. The Morgan fingerprint density at radius 1 is 1.10 bits per heavy atom. The minimum absolute atomic E-state index is 0.206. The van der Waals surface area contributed by atoms with Gasteiger partial charge in [0.15, 0.2) is 0 Å². The highest BCUT2D eigenvalue weighted by Crippen LogP contribution is 2.14. The fourth-order valence-electron chi connectivity index (χ4n) is 3.11. The summed E-state index contributed by atoms with van der Waals surface area (Å²) in [4.78, 5) is 19.2. The van der Waals surface area contributed by atoms with Gasteiger partial charge >= 0.3 is 0 Å². The third-order valence-electron chi connectivity index (χ3n) is 4.54. The van der Waals surface area contributed by atoms with Crippen molar-refractivity contribution in [2.75, 3.05) is 66.5 Å². The van der Waals surface area contributed by atoms with Crippen LogP contribution in [0.1, 0.15) is 19.3 Å². The van der Waals surface area contributed by atoms with Crippen molar-refractivity contribution in [3.8, 4) is 0 Å². The van der Waals surface area contributed by atoms with Crippen LogP contribution in [-0.2, 0) is 4.79 Å². The molecule has 5 heteroatoms. The predicted molar refractivity (Wildman–Crippen MR) is 81.8 cm³/mol. The van der Waals surface area contributed by atoms with Crippen molar-refractivity contribution >= 4 is 5.91 Å². The van der Waals surface area contributed by atoms with Crippen LogP contribution >= 0.6 is 0 Å². The molecule has 1 amide bonds. The van der Waals surface area contributed by atoms with E-state index in [1.54, 1.807) is 0 Å². The second-order valence-corrected chi connectivity index (χ2v) is 6.39. The molecule has 5 nitrogen and oxygen atoms in total. The number of rotatable bonds is 5. The number of carbonyl (C=O) groups is 1. The Labute approximate surface area is 123 Å². The van der Waals surface area contributed by atoms with Gasteiger partial charge in [0.1, 0.15) is 0 Å². The molecule has 2 rings (SSSR count). The van der Waals surface area contributed by atoms with E-state index in [0.717, 1.165) is 58.5 Å². The minimum Gasteiger partial charge on any atom is -0.356 e. The first-order chi connectivity index (χ1) is 9.65. The van der Waals surface area contributed by atoms with E-state index in [4.69, 9.17) is 0 Å². The lowest BCUT2D eigenvalue weighted by molar-refractivity contribution is -0.126. The molecule has 2 saturated heterocycles. The maximum Gasteiger partial charge on any atom is 0.224 e. The summed E-state index contributed by atoms with van der Waals surface area (Å²) in [5, 5.41) is 3.12. The quantitative estimate of drug-likeness (QED) is 0.725. The lowest BCUT2D eigenvalue weighted by Gasteiger charge is -2.32. The number of nitrogens with one attached hydrogen (secondary N) is 1. The van der Waals surface area contributed by atoms with Gasteiger partial charge < -0.3 is 20.0 Å². The number of nitrogens with zero attached hydrogens (tertiary/aromatic N) is 3. The third-order valence-corrected chi connectivity index (χ3v) is 4.54. The third kappa shape index (κ3) is 5.04. The van der Waals surface area contributed by atoms with E-state index in [-0.39, 0.29) is 11.8 Å². The Morgan fingerprint density at radius 2 is 1.85 bits per heavy atom. The molecule has 0 aliphatic carbocycles. The van der Waals surface area contributed by atoms with Crippen LogP contribution in [0.2, 0.25) is 0 Å². The molecule has 1 N–H and O–H groups in total. The van der Waals surface area contributed by atoms with E-state index >= 15 is 0 Å². The first kappa shape index (κ1) is 15.7. The minimum atomic E-state index is 0.206. The maximum absolute atomic E-state index is 12.1. The number of hydrogen-bond donors (Lipinski definition) is 1. The van der Waals surface area contributed by atoms with E-state index in [2.05, 4.69) is 34.1 Å². The van der Waals surface area contributed by atoms with Crippen LogP contribution in [0.5, 0.6) is 0 Å². The highest BCUT2D eigenvalue weighted by atomic mass is 16.1. The molecule has 0 bridgehead atoms. The van der Waals surface area contributed by atoms with Crippen molar-refractivity contribution in [2.24, 2.45) is 5.92 Å². The first-order valence-corrected chi connectivity index (χ1v) is 8.02. The fourth-order valence-corrected chi connectivity index (χ4v) is 3.11. The topological polar surface area (TPSA) is 38.8 Å². The van der Waals surface area contributed by atoms with E-state index in [0.29, 0.717) is 0 Å². The van der Waals surface area contributed by atoms with E-state index < -0.39 is 0 Å². The molecule has 2 aliphatic rings. The lowest BCUT2D eigenvalue weighted by Crippen LogP contribution is -2.45. The van der Waals surface area contributed by atoms with Crippen LogP contribution < -0.4 is 5.32 Å². The summed E-state index contributed by atoms with van der Waals surface area (Å²) in [5.74, 6) is 0.465. The van der Waals surface area contributed by atoms with Crippen molar-refractivity contribution in [1.29, 1.82) is 0 Å². The second kappa shape index (κ2) is 7.96. The molecule has 0 aromatic carbocycles. The number of hydrogen-bond acceptors (Lipinski definition) is 4. The van der Waals surface area contributed by atoms with Crippen LogP contribution in [0, 0.1) is 5.92 Å². The van der Waals surface area contributed by atoms with Gasteiger partial charge in [-0.3, -0.25) is 4.79 Å². The zero-order valence-electron chi connectivity index (χ0n) is 13.1. The lowest BCUT2D eigenvalue weighted by atomic mass is 9.97. The summed E-state index contributed by atoms with van der Waals surface area (Å²) in [6.07, 6.45) is 3.27. The highest BCUT2D eigenvalue weighted by molar-refractivity contribution is 5.78. The molecule has 116 valence electrons. The van der Waals surface area contributed by atoms with Gasteiger partial charge in [-0.1, -0.05) is 0 Å². The molecular formula is C15H30N4O. The number of likely N-dealkylation sites (tertiary alicyclic amines) is 1. The van der Waals surface area contributed by atoms with Gasteiger partial charge in [-0.15, -0.1) is 0 Å². The van der Waals surface area contributed by atoms with Gasteiger partial charge in [-0.2, -0.15) is 0 Å². The summed E-state index contributed by atoms with van der Waals surface area (Å²) in [6.45, 7) is 8.65. The van der Waals surface area contributed by atoms with E-state index in [1.165, 1.54) is 13.1 Å². The smallest absolute Gasteiger partial charge is 0.224 e. The van der Waals surface area contributed by atoms with Gasteiger partial charge in [-0.25, -0.2) is 0 Å². The van der Waals surface area contributed by atoms with E-state index in [1.807, 2.05) is 0 Å². The molecule has 0 aromatic heterocycles. The molecule has 2 heterocycles. The monoisotopic (exact) mass is 282 g/mol. The molecular weight excluding hydrogens is 252 g/mol. The van der Waals surface area contributed by atoms with Crippen molar-refractivity contribution in [2.45, 2.75) is 19.3 Å². The highest BCUT2D eigenvalue weighted by Gasteiger charge is 2.23. The average Bonchev–Trinajstić information content (AvgIpc) is 2.45. The molecule has 1 atom stereocenters. The summed E-state index contributed by atoms with van der Waals surface area (Å²) >= 11 is 0. The molecule has 0 spiro atoms. The van der Waals surface area contributed by atoms with Gasteiger partial charge in [0.2, 0.25) is 5.91 Å². The molecule has 2 aliphatic heterocycles. The van der Waals surface area contributed by atoms with Crippen LogP contribution in [0.15, 0.2) is 0 Å². The van der Waals surface area contributed by atoms with Gasteiger partial charge in [0.05, 0.1) is 5.92 Å². The zero-order chi connectivity index (χ0) is 14.4. The van der Waals surface area contributed by atoms with Crippen molar-refractivity contribution in [1.82, 2.24) is 20.0 Å². The Hall–Kier alpha value is -0.650. The van der Waals surface area contributed by atoms with Crippen molar-refractivity contribution in [3.05, 3.63) is 0 Å². The standard InChI is InChI=1S/C15H30N4O/c1-17-9-11-19(12-10-17)8-4-6-16-15(20)14-5-3-7-18(2)13-14/h14H,3-13H2,1-2H3,(H,16,20). The Morgan fingerprint density at radius 3 is 2.55 bits per heavy atom. The predicted octanol–water partition coefficient (Wildman–Crippen LogP) is 0.0819. The number of likely N-dealkylation sites (N-methyl/N-ethyl adjacent to an activating group) is 1. The zero-order valence-corrected chi connectivity index (χ0v) is 13.1. The molecule has 20 heavy (non-hydrogen) atoms. The maximum atomic E-state index is 12.1. The number of carbonyl (C=O) groups excluding carboxylic acids is 1. The molecule has 0 aromatic rings. The normalized spacial score (nSPS) is 26.6. The molecule has 1 unspecified atom stereocenters. The largest absolute Gasteiger partial charge is 0.356 e. The molecule has 2 fully saturated rings. The average molecular weight is 282 g/mol. The van der Waals surface area contributed by atoms with Crippen molar-refractivity contribution in [3.63, 3.8) is 0 Å². The number of piperidine rings is 1. The number of piperazine rings is 1. The summed E-state index contributed by atoms with van der Waals surface area (Å²) < 4.78 is 0. The summed E-state index contributed by atoms with van der Waals surface area (Å²) in [5.41, 5.74) is 0. The SMILES string of the molecule is CN1CCN(CCCNC(=O)C2CCCN(C)C2)CC1. The van der Waals surface area contributed by atoms with Crippen LogP contribution in [0.3, 0.4) is 0 Å². The van der Waals surface area contributed by atoms with Crippen LogP contribution in [0.25, 0.3) is 0 Å². The van der Waals surface area contributed by atoms with Crippen LogP contribution in [0.4, 0.5) is 0 Å². The molecule has 0 saturated carbocycles. The Kier molecular flexibility index (Phi) is 6.26. The van der Waals surface area contributed by atoms with E-state index in [9.17, 15) is 4.79 Å². The van der Waals surface area contributed by atoms with Crippen molar-refractivity contribution < 1.29 is 4.79 Å². The van der Waals surface area contributed by atoms with Gasteiger partial charge in [0, 0.05) is 39.3 Å². The van der Waals surface area contributed by atoms with Gasteiger partial charge in [-0.05, 0) is 46.4 Å². The Balaban J connectivity index is 1.55. The Bertz CT molecular complexity index is 302. The van der Waals surface area contributed by atoms with Crippen LogP contribution in [-0.4, -0.2) is 87.1 Å². The summed E-state index contributed by atoms with van der Waals surface area (Å²) in [7, 11) is 4.28. The van der Waals surface area contributed by atoms with Gasteiger partial charge in [0.25, 0.3) is 0 Å². The number of amides is 1. The summed E-state index contributed by atoms with van der Waals surface area (Å²) in [6, 6.07) is 0. The second-order valence-electron chi connectivity index (χ2n) is 6.39. The first-order valence-electron chi connectivity index (χ1n) is 8.02. The fraction of sp³-hybridized carbons (Fsp3) is 0.933.